The summed E-state index contributed by atoms with van der Waals surface area (Å²) < 4.78 is 1.15. The highest BCUT2D eigenvalue weighted by atomic mass is 32.1. The fraction of sp³-hybridized carbons (Fsp3) is 0.250. The van der Waals surface area contributed by atoms with E-state index in [0.29, 0.717) is 19.3 Å². The number of para-hydroxylation sites is 1. The molecule has 0 bridgehead atoms. The van der Waals surface area contributed by atoms with E-state index in [4.69, 9.17) is 0 Å². The molecule has 1 aromatic heterocycles. The van der Waals surface area contributed by atoms with Crippen LogP contribution in [0.3, 0.4) is 0 Å². The highest BCUT2D eigenvalue weighted by molar-refractivity contribution is 7.21. The first-order valence-corrected chi connectivity index (χ1v) is 9.54. The summed E-state index contributed by atoms with van der Waals surface area (Å²) in [6.45, 7) is 0. The molecule has 0 saturated carbocycles. The van der Waals surface area contributed by atoms with Crippen molar-refractivity contribution in [3.05, 3.63) is 48.5 Å². The van der Waals surface area contributed by atoms with Gasteiger partial charge in [0.15, 0.2) is 0 Å². The fourth-order valence-corrected chi connectivity index (χ4v) is 4.11. The third-order valence-corrected chi connectivity index (χ3v) is 5.58. The average molecular weight is 365 g/mol. The van der Waals surface area contributed by atoms with E-state index in [-0.39, 0.29) is 17.9 Å². The zero-order chi connectivity index (χ0) is 17.9. The molecule has 1 saturated heterocycles. The first kappa shape index (κ1) is 16.7. The Hall–Kier alpha value is -2.73. The molecule has 2 amide bonds. The lowest BCUT2D eigenvalue weighted by atomic mass is 10.1. The van der Waals surface area contributed by atoms with Gasteiger partial charge in [0.25, 0.3) is 0 Å². The van der Waals surface area contributed by atoms with Gasteiger partial charge in [-0.15, -0.1) is 11.3 Å². The van der Waals surface area contributed by atoms with Gasteiger partial charge in [-0.2, -0.15) is 0 Å². The number of hydrogen-bond donors (Lipinski definition) is 2. The van der Waals surface area contributed by atoms with Crippen molar-refractivity contribution in [1.29, 1.82) is 0 Å². The van der Waals surface area contributed by atoms with Gasteiger partial charge in [-0.3, -0.25) is 9.59 Å². The van der Waals surface area contributed by atoms with Gasteiger partial charge >= 0.3 is 0 Å². The largest absolute Gasteiger partial charge is 0.353 e. The molecule has 6 heteroatoms. The number of anilines is 1. The summed E-state index contributed by atoms with van der Waals surface area (Å²) >= 11 is 1.64. The summed E-state index contributed by atoms with van der Waals surface area (Å²) in [5.74, 6) is 0.0477. The van der Waals surface area contributed by atoms with Crippen LogP contribution in [0.2, 0.25) is 0 Å². The second-order valence-corrected chi connectivity index (χ2v) is 7.49. The van der Waals surface area contributed by atoms with Crippen LogP contribution in [0, 0.1) is 0 Å². The smallest absolute Gasteiger partial charge is 0.224 e. The standard InChI is InChI=1S/C20H19N3O2S/c24-18-10-8-14(21-18)9-11-19(25)22-15-5-3-4-13(12-15)20-23-16-6-1-2-7-17(16)26-20/h1-7,12,14H,8-11H2,(H,21,24)(H,22,25)/t14-/m0/s1. The maximum atomic E-state index is 12.2. The number of hydrogen-bond acceptors (Lipinski definition) is 4. The summed E-state index contributed by atoms with van der Waals surface area (Å²) in [5.41, 5.74) is 2.75. The average Bonchev–Trinajstić information content (AvgIpc) is 3.26. The fourth-order valence-electron chi connectivity index (χ4n) is 3.15. The van der Waals surface area contributed by atoms with Crippen LogP contribution in [0.4, 0.5) is 5.69 Å². The van der Waals surface area contributed by atoms with Crippen molar-refractivity contribution in [1.82, 2.24) is 10.3 Å². The van der Waals surface area contributed by atoms with Gasteiger partial charge in [0.05, 0.1) is 10.2 Å². The molecule has 26 heavy (non-hydrogen) atoms. The predicted octanol–water partition coefficient (Wildman–Crippen LogP) is 3.96. The Morgan fingerprint density at radius 3 is 2.92 bits per heavy atom. The monoisotopic (exact) mass is 365 g/mol. The Morgan fingerprint density at radius 1 is 1.23 bits per heavy atom. The third-order valence-electron chi connectivity index (χ3n) is 4.49. The molecule has 1 atom stereocenters. The molecule has 0 radical (unpaired) electrons. The van der Waals surface area contributed by atoms with Crippen LogP contribution in [-0.2, 0) is 9.59 Å². The van der Waals surface area contributed by atoms with Gasteiger partial charge in [-0.05, 0) is 37.1 Å². The molecule has 1 fully saturated rings. The molecule has 4 rings (SSSR count). The van der Waals surface area contributed by atoms with Crippen molar-refractivity contribution in [2.24, 2.45) is 0 Å². The van der Waals surface area contributed by atoms with Crippen LogP contribution in [0.15, 0.2) is 48.5 Å². The lowest BCUT2D eigenvalue weighted by Gasteiger charge is -2.10. The molecule has 3 aromatic rings. The van der Waals surface area contributed by atoms with E-state index in [9.17, 15) is 9.59 Å². The summed E-state index contributed by atoms with van der Waals surface area (Å²) in [6.07, 6.45) is 2.46. The number of benzene rings is 2. The Bertz CT molecular complexity index is 933. The lowest BCUT2D eigenvalue weighted by molar-refractivity contribution is -0.120. The van der Waals surface area contributed by atoms with Crippen molar-refractivity contribution in [2.45, 2.75) is 31.7 Å². The number of thiazole rings is 1. The van der Waals surface area contributed by atoms with E-state index >= 15 is 0 Å². The lowest BCUT2D eigenvalue weighted by Crippen LogP contribution is -2.26. The van der Waals surface area contributed by atoms with Gasteiger partial charge in [0.1, 0.15) is 5.01 Å². The van der Waals surface area contributed by atoms with Gasteiger partial charge in [-0.1, -0.05) is 24.3 Å². The van der Waals surface area contributed by atoms with Crippen molar-refractivity contribution < 1.29 is 9.59 Å². The summed E-state index contributed by atoms with van der Waals surface area (Å²) in [5, 5.41) is 6.78. The van der Waals surface area contributed by atoms with E-state index in [2.05, 4.69) is 21.7 Å². The van der Waals surface area contributed by atoms with Crippen LogP contribution in [0.1, 0.15) is 25.7 Å². The summed E-state index contributed by atoms with van der Waals surface area (Å²) in [4.78, 5) is 28.1. The molecular weight excluding hydrogens is 346 g/mol. The van der Waals surface area contributed by atoms with Crippen LogP contribution in [0.25, 0.3) is 20.8 Å². The minimum atomic E-state index is -0.0346. The molecule has 5 nitrogen and oxygen atoms in total. The van der Waals surface area contributed by atoms with Gasteiger partial charge in [0.2, 0.25) is 11.8 Å². The highest BCUT2D eigenvalue weighted by Gasteiger charge is 2.21. The molecule has 132 valence electrons. The number of amides is 2. The molecule has 1 aliphatic heterocycles. The van der Waals surface area contributed by atoms with E-state index in [1.165, 1.54) is 0 Å². The molecule has 1 aliphatic rings. The van der Waals surface area contributed by atoms with Crippen LogP contribution in [0.5, 0.6) is 0 Å². The van der Waals surface area contributed by atoms with E-state index in [1.807, 2.05) is 42.5 Å². The number of nitrogens with zero attached hydrogens (tertiary/aromatic N) is 1. The molecule has 2 heterocycles. The molecule has 0 aliphatic carbocycles. The van der Waals surface area contributed by atoms with E-state index < -0.39 is 0 Å². The minimum Gasteiger partial charge on any atom is -0.353 e. The quantitative estimate of drug-likeness (QED) is 0.719. The van der Waals surface area contributed by atoms with E-state index in [1.54, 1.807) is 11.3 Å². The Kier molecular flexibility index (Phi) is 4.67. The maximum Gasteiger partial charge on any atom is 0.224 e. The topological polar surface area (TPSA) is 71.1 Å². The van der Waals surface area contributed by atoms with Crippen LogP contribution in [-0.4, -0.2) is 22.8 Å². The SMILES string of the molecule is O=C(CC[C@@H]1CCC(=O)N1)Nc1cccc(-c2nc3ccccc3s2)c1. The number of rotatable bonds is 5. The zero-order valence-electron chi connectivity index (χ0n) is 14.2. The molecule has 0 spiro atoms. The number of fused-ring (bicyclic) bond motifs is 1. The van der Waals surface area contributed by atoms with Gasteiger partial charge in [-0.25, -0.2) is 4.98 Å². The van der Waals surface area contributed by atoms with Crippen molar-refractivity contribution in [2.75, 3.05) is 5.32 Å². The Balaban J connectivity index is 1.42. The molecule has 2 aromatic carbocycles. The summed E-state index contributed by atoms with van der Waals surface area (Å²) in [6, 6.07) is 15.9. The van der Waals surface area contributed by atoms with Gasteiger partial charge in [0, 0.05) is 30.1 Å². The normalized spacial score (nSPS) is 16.6. The zero-order valence-corrected chi connectivity index (χ0v) is 15.0. The Labute approximate surface area is 155 Å². The first-order valence-electron chi connectivity index (χ1n) is 8.72. The predicted molar refractivity (Wildman–Crippen MR) is 104 cm³/mol. The van der Waals surface area contributed by atoms with Crippen molar-refractivity contribution in [3.8, 4) is 10.6 Å². The highest BCUT2D eigenvalue weighted by Crippen LogP contribution is 2.31. The molecular formula is C20H19N3O2S. The van der Waals surface area contributed by atoms with Crippen molar-refractivity contribution in [3.63, 3.8) is 0 Å². The van der Waals surface area contributed by atoms with Crippen LogP contribution < -0.4 is 10.6 Å². The molecule has 2 N–H and O–H groups in total. The molecule has 0 unspecified atom stereocenters. The van der Waals surface area contributed by atoms with Crippen LogP contribution >= 0.6 is 11.3 Å². The Morgan fingerprint density at radius 2 is 2.12 bits per heavy atom. The summed E-state index contributed by atoms with van der Waals surface area (Å²) in [7, 11) is 0. The number of carbonyl (C=O) groups is 2. The second-order valence-electron chi connectivity index (χ2n) is 6.46. The number of nitrogens with one attached hydrogen (secondary N) is 2. The van der Waals surface area contributed by atoms with Gasteiger partial charge < -0.3 is 10.6 Å². The second kappa shape index (κ2) is 7.25. The maximum absolute atomic E-state index is 12.2. The first-order chi connectivity index (χ1) is 12.7. The number of carbonyl (C=O) groups excluding carboxylic acids is 2. The minimum absolute atomic E-state index is 0.0346. The third kappa shape index (κ3) is 3.75. The van der Waals surface area contributed by atoms with E-state index in [0.717, 1.165) is 32.9 Å². The number of aromatic nitrogens is 1. The van der Waals surface area contributed by atoms with Crippen molar-refractivity contribution >= 4 is 39.1 Å².